The standard InChI is InChI=1S/C34H41NO4/c1-6-30(31(36)39-32(37)33(4,5)26-10-8-7-9-11-26)35-22-20-29(21-23-35)34(38,27-16-12-24(2)13-17-27)28-18-14-25(3)15-19-28/h7-19,29-30,38H,6,20-23H2,1-5H3. The number of benzene rings is 3. The number of hydrogen-bond donors (Lipinski definition) is 1. The Morgan fingerprint density at radius 2 is 1.33 bits per heavy atom. The normalized spacial score (nSPS) is 16.1. The van der Waals surface area contributed by atoms with Crippen LogP contribution < -0.4 is 0 Å². The van der Waals surface area contributed by atoms with E-state index in [2.05, 4.69) is 4.90 Å². The minimum atomic E-state index is -1.13. The molecule has 1 saturated heterocycles. The molecule has 0 bridgehead atoms. The third-order valence-electron chi connectivity index (χ3n) is 8.40. The monoisotopic (exact) mass is 527 g/mol. The second-order valence-electron chi connectivity index (χ2n) is 11.4. The minimum Gasteiger partial charge on any atom is -0.391 e. The first-order chi connectivity index (χ1) is 18.6. The Labute approximate surface area is 232 Å². The van der Waals surface area contributed by atoms with Crippen molar-refractivity contribution in [2.24, 2.45) is 5.92 Å². The predicted octanol–water partition coefficient (Wildman–Crippen LogP) is 6.08. The van der Waals surface area contributed by atoms with Gasteiger partial charge < -0.3 is 9.84 Å². The molecule has 3 aromatic rings. The first kappa shape index (κ1) is 28.7. The van der Waals surface area contributed by atoms with Crippen LogP contribution in [0.3, 0.4) is 0 Å². The average Bonchev–Trinajstić information content (AvgIpc) is 2.94. The quantitative estimate of drug-likeness (QED) is 0.284. The zero-order chi connectivity index (χ0) is 28.2. The lowest BCUT2D eigenvalue weighted by molar-refractivity contribution is -0.167. The van der Waals surface area contributed by atoms with E-state index in [1.807, 2.05) is 99.6 Å². The summed E-state index contributed by atoms with van der Waals surface area (Å²) in [5.74, 6) is -1.07. The van der Waals surface area contributed by atoms with Crippen molar-refractivity contribution in [3.63, 3.8) is 0 Å². The van der Waals surface area contributed by atoms with Gasteiger partial charge in [-0.25, -0.2) is 4.79 Å². The molecule has 1 heterocycles. The van der Waals surface area contributed by atoms with Crippen LogP contribution >= 0.6 is 0 Å². The molecule has 5 nitrogen and oxygen atoms in total. The van der Waals surface area contributed by atoms with Crippen molar-refractivity contribution in [2.45, 2.75) is 70.9 Å². The van der Waals surface area contributed by atoms with Crippen LogP contribution in [0.2, 0.25) is 0 Å². The van der Waals surface area contributed by atoms with Crippen LogP contribution in [-0.2, 0) is 25.3 Å². The molecule has 0 aromatic heterocycles. The molecule has 1 N–H and O–H groups in total. The second-order valence-corrected chi connectivity index (χ2v) is 11.4. The molecule has 0 spiro atoms. The Balaban J connectivity index is 1.49. The lowest BCUT2D eigenvalue weighted by atomic mass is 9.71. The van der Waals surface area contributed by atoms with Crippen molar-refractivity contribution in [3.8, 4) is 0 Å². The summed E-state index contributed by atoms with van der Waals surface area (Å²) in [5, 5.41) is 12.3. The average molecular weight is 528 g/mol. The Hall–Kier alpha value is -3.28. The van der Waals surface area contributed by atoms with Gasteiger partial charge >= 0.3 is 11.9 Å². The van der Waals surface area contributed by atoms with Crippen LogP contribution in [0.4, 0.5) is 0 Å². The van der Waals surface area contributed by atoms with Gasteiger partial charge in [-0.1, -0.05) is 96.9 Å². The van der Waals surface area contributed by atoms with Crippen molar-refractivity contribution in [1.29, 1.82) is 0 Å². The van der Waals surface area contributed by atoms with Crippen LogP contribution in [0.25, 0.3) is 0 Å². The molecule has 1 aliphatic rings. The van der Waals surface area contributed by atoms with Gasteiger partial charge in [0.05, 0.1) is 5.41 Å². The zero-order valence-electron chi connectivity index (χ0n) is 23.8. The van der Waals surface area contributed by atoms with E-state index < -0.39 is 29.0 Å². The van der Waals surface area contributed by atoms with Crippen molar-refractivity contribution < 1.29 is 19.4 Å². The third-order valence-corrected chi connectivity index (χ3v) is 8.40. The highest BCUT2D eigenvalue weighted by molar-refractivity contribution is 5.93. The third kappa shape index (κ3) is 6.00. The summed E-state index contributed by atoms with van der Waals surface area (Å²) in [7, 11) is 0. The number of hydrogen-bond acceptors (Lipinski definition) is 5. The van der Waals surface area contributed by atoms with Gasteiger partial charge in [-0.3, -0.25) is 9.69 Å². The highest BCUT2D eigenvalue weighted by atomic mass is 16.6. The first-order valence-corrected chi connectivity index (χ1v) is 14.0. The first-order valence-electron chi connectivity index (χ1n) is 14.0. The molecule has 1 aliphatic heterocycles. The molecule has 1 fully saturated rings. The molecule has 3 aromatic carbocycles. The summed E-state index contributed by atoms with van der Waals surface area (Å²) in [6, 6.07) is 25.1. The molecule has 4 rings (SSSR count). The van der Waals surface area contributed by atoms with Gasteiger partial charge in [-0.05, 0) is 82.7 Å². The van der Waals surface area contributed by atoms with Crippen LogP contribution in [0.5, 0.6) is 0 Å². The van der Waals surface area contributed by atoms with E-state index in [-0.39, 0.29) is 5.92 Å². The van der Waals surface area contributed by atoms with Crippen molar-refractivity contribution in [2.75, 3.05) is 13.1 Å². The largest absolute Gasteiger partial charge is 0.391 e. The van der Waals surface area contributed by atoms with Gasteiger partial charge in [0.1, 0.15) is 11.6 Å². The molecular weight excluding hydrogens is 486 g/mol. The molecule has 5 heteroatoms. The Kier molecular flexibility index (Phi) is 8.73. The molecule has 206 valence electrons. The van der Waals surface area contributed by atoms with Crippen LogP contribution in [0.1, 0.15) is 67.9 Å². The summed E-state index contributed by atoms with van der Waals surface area (Å²) < 4.78 is 5.46. The molecule has 1 atom stereocenters. The molecule has 0 saturated carbocycles. The summed E-state index contributed by atoms with van der Waals surface area (Å²) in [6.45, 7) is 10.9. The molecule has 39 heavy (non-hydrogen) atoms. The fourth-order valence-electron chi connectivity index (χ4n) is 5.72. The van der Waals surface area contributed by atoms with E-state index in [0.717, 1.165) is 27.8 Å². The van der Waals surface area contributed by atoms with E-state index >= 15 is 0 Å². The van der Waals surface area contributed by atoms with E-state index in [0.29, 0.717) is 32.4 Å². The van der Waals surface area contributed by atoms with Crippen molar-refractivity contribution >= 4 is 11.9 Å². The van der Waals surface area contributed by atoms with Crippen LogP contribution in [0, 0.1) is 19.8 Å². The van der Waals surface area contributed by atoms with Crippen LogP contribution in [0.15, 0.2) is 78.9 Å². The Morgan fingerprint density at radius 1 is 0.846 bits per heavy atom. The Morgan fingerprint density at radius 3 is 1.79 bits per heavy atom. The van der Waals surface area contributed by atoms with Gasteiger partial charge in [-0.2, -0.15) is 0 Å². The summed E-state index contributed by atoms with van der Waals surface area (Å²) in [4.78, 5) is 28.3. The number of piperidine rings is 1. The van der Waals surface area contributed by atoms with Crippen LogP contribution in [-0.4, -0.2) is 41.1 Å². The van der Waals surface area contributed by atoms with Crippen molar-refractivity contribution in [1.82, 2.24) is 4.90 Å². The van der Waals surface area contributed by atoms with Gasteiger partial charge in [0.2, 0.25) is 0 Å². The highest BCUT2D eigenvalue weighted by Crippen LogP contribution is 2.42. The second kappa shape index (κ2) is 11.8. The van der Waals surface area contributed by atoms with Crippen molar-refractivity contribution in [3.05, 3.63) is 107 Å². The lowest BCUT2D eigenvalue weighted by Crippen LogP contribution is -2.50. The summed E-state index contributed by atoms with van der Waals surface area (Å²) in [6.07, 6.45) is 1.97. The highest BCUT2D eigenvalue weighted by Gasteiger charge is 2.43. The fraction of sp³-hybridized carbons (Fsp3) is 0.412. The van der Waals surface area contributed by atoms with E-state index in [4.69, 9.17) is 4.74 Å². The molecule has 1 unspecified atom stereocenters. The minimum absolute atomic E-state index is 0.0219. The summed E-state index contributed by atoms with van der Waals surface area (Å²) >= 11 is 0. The topological polar surface area (TPSA) is 66.8 Å². The maximum atomic E-state index is 13.2. The van der Waals surface area contributed by atoms with E-state index in [1.165, 1.54) is 0 Å². The van der Waals surface area contributed by atoms with Gasteiger partial charge in [0.25, 0.3) is 0 Å². The maximum Gasteiger partial charge on any atom is 0.331 e. The number of nitrogens with zero attached hydrogens (tertiary/aromatic N) is 1. The summed E-state index contributed by atoms with van der Waals surface area (Å²) in [5.41, 5.74) is 2.81. The number of ether oxygens (including phenoxy) is 1. The number of esters is 2. The molecular formula is C34H41NO4. The number of aliphatic hydroxyl groups is 1. The SMILES string of the molecule is CCC(C(=O)OC(=O)C(C)(C)c1ccccc1)N1CCC(C(O)(c2ccc(C)cc2)c2ccc(C)cc2)CC1. The fourth-order valence-corrected chi connectivity index (χ4v) is 5.72. The maximum absolute atomic E-state index is 13.2. The van der Waals surface area contributed by atoms with Gasteiger partial charge in [-0.15, -0.1) is 0 Å². The Bertz CT molecular complexity index is 1210. The van der Waals surface area contributed by atoms with E-state index in [1.54, 1.807) is 13.8 Å². The number of rotatable bonds is 8. The smallest absolute Gasteiger partial charge is 0.331 e. The van der Waals surface area contributed by atoms with E-state index in [9.17, 15) is 14.7 Å². The van der Waals surface area contributed by atoms with Gasteiger partial charge in [0.15, 0.2) is 0 Å². The van der Waals surface area contributed by atoms with Gasteiger partial charge in [0, 0.05) is 0 Å². The predicted molar refractivity (Wildman–Crippen MR) is 154 cm³/mol. The number of likely N-dealkylation sites (tertiary alicyclic amines) is 1. The molecule has 0 amide bonds. The number of aryl methyl sites for hydroxylation is 2. The number of carbonyl (C=O) groups is 2. The number of carbonyl (C=O) groups excluding carboxylic acids is 2. The zero-order valence-corrected chi connectivity index (χ0v) is 23.8. The molecule has 0 radical (unpaired) electrons. The lowest BCUT2D eigenvalue weighted by Gasteiger charge is -2.43. The molecule has 0 aliphatic carbocycles.